The first-order chi connectivity index (χ1) is 10.7. The fourth-order valence-corrected chi connectivity index (χ4v) is 2.68. The molecule has 1 aliphatic rings. The second-order valence-electron chi connectivity index (χ2n) is 5.83. The van der Waals surface area contributed by atoms with Gasteiger partial charge in [-0.25, -0.2) is 0 Å². The van der Waals surface area contributed by atoms with Crippen LogP contribution >= 0.6 is 0 Å². The van der Waals surface area contributed by atoms with E-state index in [0.717, 1.165) is 51.0 Å². The van der Waals surface area contributed by atoms with Crippen LogP contribution in [0.2, 0.25) is 0 Å². The zero-order valence-electron chi connectivity index (χ0n) is 13.6. The largest absolute Gasteiger partial charge is 0.352 e. The molecule has 0 bridgehead atoms. The Morgan fingerprint density at radius 3 is 2.86 bits per heavy atom. The molecular weight excluding hydrogens is 274 g/mol. The van der Waals surface area contributed by atoms with Crippen molar-refractivity contribution in [3.8, 4) is 11.8 Å². The lowest BCUT2D eigenvalue weighted by Crippen LogP contribution is -2.38. The summed E-state index contributed by atoms with van der Waals surface area (Å²) in [6.45, 7) is 7.79. The van der Waals surface area contributed by atoms with Crippen LogP contribution in [0.15, 0.2) is 18.5 Å². The number of nitrogens with zero attached hydrogens (tertiary/aromatic N) is 2. The molecule has 2 rings (SSSR count). The van der Waals surface area contributed by atoms with Crippen LogP contribution in [0.1, 0.15) is 42.1 Å². The number of pyridine rings is 1. The van der Waals surface area contributed by atoms with Crippen LogP contribution in [-0.2, 0) is 0 Å². The smallest absolute Gasteiger partial charge is 0.253 e. The predicted molar refractivity (Wildman–Crippen MR) is 88.5 cm³/mol. The van der Waals surface area contributed by atoms with E-state index in [9.17, 15) is 4.79 Å². The van der Waals surface area contributed by atoms with E-state index in [-0.39, 0.29) is 5.91 Å². The summed E-state index contributed by atoms with van der Waals surface area (Å²) >= 11 is 0. The Morgan fingerprint density at radius 1 is 1.41 bits per heavy atom. The van der Waals surface area contributed by atoms with Crippen molar-refractivity contribution in [2.75, 3.05) is 26.2 Å². The monoisotopic (exact) mass is 299 g/mol. The van der Waals surface area contributed by atoms with E-state index in [1.165, 1.54) is 0 Å². The number of amides is 1. The number of carbonyl (C=O) groups is 1. The maximum Gasteiger partial charge on any atom is 0.253 e. The molecule has 1 amide bonds. The fraction of sp³-hybridized carbons (Fsp3) is 0.556. The highest BCUT2D eigenvalue weighted by molar-refractivity contribution is 5.95. The molecule has 0 saturated carbocycles. The van der Waals surface area contributed by atoms with Gasteiger partial charge in [-0.3, -0.25) is 14.7 Å². The summed E-state index contributed by atoms with van der Waals surface area (Å²) in [6, 6.07) is 1.87. The van der Waals surface area contributed by atoms with Crippen LogP contribution in [0.3, 0.4) is 0 Å². The molecule has 4 heteroatoms. The number of rotatable bonds is 4. The highest BCUT2D eigenvalue weighted by Crippen LogP contribution is 2.16. The Labute approximate surface area is 133 Å². The Balaban J connectivity index is 1.73. The highest BCUT2D eigenvalue weighted by atomic mass is 16.1. The molecular formula is C18H25N3O. The SMILES string of the molecule is CCC#CCN1CCC(CNC(=O)c2cnccc2C)CC1. The summed E-state index contributed by atoms with van der Waals surface area (Å²) < 4.78 is 0. The van der Waals surface area contributed by atoms with Crippen LogP contribution in [0, 0.1) is 24.7 Å². The molecule has 22 heavy (non-hydrogen) atoms. The van der Waals surface area contributed by atoms with Gasteiger partial charge < -0.3 is 5.32 Å². The van der Waals surface area contributed by atoms with Crippen molar-refractivity contribution in [2.24, 2.45) is 5.92 Å². The minimum Gasteiger partial charge on any atom is -0.352 e. The van der Waals surface area contributed by atoms with Crippen molar-refractivity contribution in [3.63, 3.8) is 0 Å². The van der Waals surface area contributed by atoms with Crippen molar-refractivity contribution >= 4 is 5.91 Å². The molecule has 1 saturated heterocycles. The number of hydrogen-bond donors (Lipinski definition) is 1. The van der Waals surface area contributed by atoms with Crippen molar-refractivity contribution in [2.45, 2.75) is 33.1 Å². The standard InChI is InChI=1S/C18H25N3O/c1-3-4-5-10-21-11-7-16(8-12-21)13-20-18(22)17-14-19-9-6-15(17)2/h6,9,14,16H,3,7-8,10-13H2,1-2H3,(H,20,22). The van der Waals surface area contributed by atoms with Gasteiger partial charge in [0.05, 0.1) is 12.1 Å². The van der Waals surface area contributed by atoms with Crippen LogP contribution in [0.5, 0.6) is 0 Å². The van der Waals surface area contributed by atoms with Crippen molar-refractivity contribution < 1.29 is 4.79 Å². The molecule has 2 heterocycles. The normalized spacial score (nSPS) is 15.9. The van der Waals surface area contributed by atoms with Gasteiger partial charge in [-0.1, -0.05) is 12.8 Å². The van der Waals surface area contributed by atoms with Crippen LogP contribution < -0.4 is 5.32 Å². The van der Waals surface area contributed by atoms with E-state index in [2.05, 4.69) is 34.0 Å². The van der Waals surface area contributed by atoms with Gasteiger partial charge >= 0.3 is 0 Å². The molecule has 0 unspecified atom stereocenters. The first-order valence-electron chi connectivity index (χ1n) is 8.07. The second kappa shape index (κ2) is 8.55. The van der Waals surface area contributed by atoms with E-state index in [1.54, 1.807) is 12.4 Å². The molecule has 1 aromatic rings. The Morgan fingerprint density at radius 2 is 2.18 bits per heavy atom. The lowest BCUT2D eigenvalue weighted by atomic mass is 9.96. The third-order valence-electron chi connectivity index (χ3n) is 4.15. The van der Waals surface area contributed by atoms with Gasteiger partial charge in [-0.15, -0.1) is 5.92 Å². The average Bonchev–Trinajstić information content (AvgIpc) is 2.54. The van der Waals surface area contributed by atoms with Gasteiger partial charge in [0.15, 0.2) is 0 Å². The number of carbonyl (C=O) groups excluding carboxylic acids is 1. The van der Waals surface area contributed by atoms with Gasteiger partial charge in [0.25, 0.3) is 5.91 Å². The molecule has 1 aliphatic heterocycles. The zero-order chi connectivity index (χ0) is 15.8. The fourth-order valence-electron chi connectivity index (χ4n) is 2.68. The average molecular weight is 299 g/mol. The zero-order valence-corrected chi connectivity index (χ0v) is 13.6. The minimum absolute atomic E-state index is 0.0122. The highest BCUT2D eigenvalue weighted by Gasteiger charge is 2.19. The lowest BCUT2D eigenvalue weighted by molar-refractivity contribution is 0.0937. The number of aryl methyl sites for hydroxylation is 1. The van der Waals surface area contributed by atoms with E-state index in [0.29, 0.717) is 11.5 Å². The Kier molecular flexibility index (Phi) is 6.42. The molecule has 118 valence electrons. The van der Waals surface area contributed by atoms with Crippen molar-refractivity contribution in [3.05, 3.63) is 29.6 Å². The molecule has 0 atom stereocenters. The number of piperidine rings is 1. The third-order valence-corrected chi connectivity index (χ3v) is 4.15. The Bertz CT molecular complexity index is 551. The van der Waals surface area contributed by atoms with E-state index in [1.807, 2.05) is 13.0 Å². The van der Waals surface area contributed by atoms with Crippen molar-refractivity contribution in [1.82, 2.24) is 15.2 Å². The molecule has 0 aliphatic carbocycles. The first-order valence-corrected chi connectivity index (χ1v) is 8.07. The van der Waals surface area contributed by atoms with Crippen molar-refractivity contribution in [1.29, 1.82) is 0 Å². The minimum atomic E-state index is -0.0122. The molecule has 1 fully saturated rings. The summed E-state index contributed by atoms with van der Waals surface area (Å²) in [7, 11) is 0. The predicted octanol–water partition coefficient (Wildman–Crippen LogP) is 2.25. The Hall–Kier alpha value is -1.86. The van der Waals surface area contributed by atoms with Gasteiger partial charge in [0, 0.05) is 25.4 Å². The van der Waals surface area contributed by atoms with Gasteiger partial charge in [0.1, 0.15) is 0 Å². The summed E-state index contributed by atoms with van der Waals surface area (Å²) in [4.78, 5) is 18.6. The molecule has 1 N–H and O–H groups in total. The molecule has 0 spiro atoms. The summed E-state index contributed by atoms with van der Waals surface area (Å²) in [5.74, 6) is 6.87. The number of likely N-dealkylation sites (tertiary alicyclic amines) is 1. The molecule has 1 aromatic heterocycles. The third kappa shape index (κ3) is 4.85. The molecule has 0 aromatic carbocycles. The first kappa shape index (κ1) is 16.5. The maximum atomic E-state index is 12.2. The molecule has 0 radical (unpaired) electrons. The van der Waals surface area contributed by atoms with Crippen LogP contribution in [-0.4, -0.2) is 42.0 Å². The summed E-state index contributed by atoms with van der Waals surface area (Å²) in [5, 5.41) is 3.05. The van der Waals surface area contributed by atoms with E-state index in [4.69, 9.17) is 0 Å². The topological polar surface area (TPSA) is 45.2 Å². The van der Waals surface area contributed by atoms with Crippen LogP contribution in [0.4, 0.5) is 0 Å². The summed E-state index contributed by atoms with van der Waals surface area (Å²) in [5.41, 5.74) is 1.64. The molecule has 4 nitrogen and oxygen atoms in total. The number of hydrogen-bond acceptors (Lipinski definition) is 3. The van der Waals surface area contributed by atoms with Crippen LogP contribution in [0.25, 0.3) is 0 Å². The number of nitrogens with one attached hydrogen (secondary N) is 1. The van der Waals surface area contributed by atoms with E-state index < -0.39 is 0 Å². The number of aromatic nitrogens is 1. The van der Waals surface area contributed by atoms with Gasteiger partial charge in [-0.2, -0.15) is 0 Å². The van der Waals surface area contributed by atoms with Gasteiger partial charge in [-0.05, 0) is 50.4 Å². The summed E-state index contributed by atoms with van der Waals surface area (Å²) in [6.07, 6.45) is 6.53. The quantitative estimate of drug-likeness (QED) is 0.867. The maximum absolute atomic E-state index is 12.2. The van der Waals surface area contributed by atoms with Gasteiger partial charge in [0.2, 0.25) is 0 Å². The lowest BCUT2D eigenvalue weighted by Gasteiger charge is -2.30. The second-order valence-corrected chi connectivity index (χ2v) is 5.83. The van der Waals surface area contributed by atoms with E-state index >= 15 is 0 Å².